The molecule has 102 valence electrons. The van der Waals surface area contributed by atoms with Crippen molar-refractivity contribution in [1.82, 2.24) is 25.5 Å². The minimum atomic E-state index is 0.299. The molecule has 1 unspecified atom stereocenters. The van der Waals surface area contributed by atoms with Gasteiger partial charge in [0.1, 0.15) is 0 Å². The molecule has 0 saturated carbocycles. The van der Waals surface area contributed by atoms with Gasteiger partial charge in [-0.25, -0.2) is 0 Å². The van der Waals surface area contributed by atoms with E-state index in [-0.39, 0.29) is 0 Å². The van der Waals surface area contributed by atoms with Crippen molar-refractivity contribution in [3.05, 3.63) is 35.1 Å². The molecule has 7 heteroatoms. The van der Waals surface area contributed by atoms with E-state index >= 15 is 0 Å². The van der Waals surface area contributed by atoms with Crippen LogP contribution >= 0.6 is 23.4 Å². The molecule has 19 heavy (non-hydrogen) atoms. The van der Waals surface area contributed by atoms with E-state index in [1.165, 1.54) is 9.69 Å². The number of hydrogen-bond acceptors (Lipinski definition) is 5. The van der Waals surface area contributed by atoms with Crippen LogP contribution < -0.4 is 5.32 Å². The second-order valence-corrected chi connectivity index (χ2v) is 5.68. The second kappa shape index (κ2) is 6.88. The third kappa shape index (κ3) is 4.49. The fraction of sp³-hybridized carbons (Fsp3) is 0.417. The van der Waals surface area contributed by atoms with Gasteiger partial charge in [0.2, 0.25) is 0 Å². The third-order valence-electron chi connectivity index (χ3n) is 2.63. The van der Waals surface area contributed by atoms with Crippen LogP contribution in [-0.4, -0.2) is 39.0 Å². The van der Waals surface area contributed by atoms with Crippen LogP contribution in [0.25, 0.3) is 0 Å². The van der Waals surface area contributed by atoms with Gasteiger partial charge < -0.3 is 5.32 Å². The fourth-order valence-corrected chi connectivity index (χ4v) is 2.94. The van der Waals surface area contributed by atoms with Gasteiger partial charge in [0.05, 0.1) is 7.05 Å². The lowest BCUT2D eigenvalue weighted by Crippen LogP contribution is -2.30. The smallest absolute Gasteiger partial charge is 0.176 e. The summed E-state index contributed by atoms with van der Waals surface area (Å²) in [5.74, 6) is 1.68. The summed E-state index contributed by atoms with van der Waals surface area (Å²) in [6.45, 7) is 0. The molecule has 0 amide bonds. The first-order valence-electron chi connectivity index (χ1n) is 5.96. The first-order chi connectivity index (χ1) is 9.17. The van der Waals surface area contributed by atoms with Gasteiger partial charge in [0.15, 0.2) is 5.82 Å². The van der Waals surface area contributed by atoms with E-state index in [4.69, 9.17) is 11.6 Å². The van der Waals surface area contributed by atoms with Crippen molar-refractivity contribution >= 4 is 23.4 Å². The number of nitrogens with zero attached hydrogens (tertiary/aromatic N) is 4. The molecular weight excluding hydrogens is 282 g/mol. The van der Waals surface area contributed by atoms with E-state index < -0.39 is 0 Å². The Balaban J connectivity index is 1.89. The maximum Gasteiger partial charge on any atom is 0.176 e. The SMILES string of the molecule is CNC(CSc1cccc(Cl)c1)Cc1nnn(C)n1. The first kappa shape index (κ1) is 14.3. The van der Waals surface area contributed by atoms with Crippen molar-refractivity contribution in [3.63, 3.8) is 0 Å². The van der Waals surface area contributed by atoms with Gasteiger partial charge in [0, 0.05) is 28.1 Å². The zero-order valence-electron chi connectivity index (χ0n) is 10.9. The van der Waals surface area contributed by atoms with Crippen LogP contribution in [0.3, 0.4) is 0 Å². The number of benzene rings is 1. The fourth-order valence-electron chi connectivity index (χ4n) is 1.62. The third-order valence-corrected chi connectivity index (χ3v) is 4.03. The van der Waals surface area contributed by atoms with E-state index in [1.807, 2.05) is 25.2 Å². The monoisotopic (exact) mass is 297 g/mol. The average Bonchev–Trinajstić information content (AvgIpc) is 2.80. The lowest BCUT2D eigenvalue weighted by molar-refractivity contribution is 0.591. The number of aromatic nitrogens is 4. The second-order valence-electron chi connectivity index (χ2n) is 4.15. The number of nitrogens with one attached hydrogen (secondary N) is 1. The van der Waals surface area contributed by atoms with Crippen LogP contribution in [-0.2, 0) is 13.5 Å². The number of rotatable bonds is 6. The highest BCUT2D eigenvalue weighted by molar-refractivity contribution is 7.99. The predicted octanol–water partition coefficient (Wildman–Crippen LogP) is 1.79. The molecule has 0 aliphatic rings. The molecule has 2 aromatic rings. The van der Waals surface area contributed by atoms with E-state index in [9.17, 15) is 0 Å². The van der Waals surface area contributed by atoms with Crippen LogP contribution in [0.15, 0.2) is 29.2 Å². The maximum absolute atomic E-state index is 5.97. The van der Waals surface area contributed by atoms with Crippen LogP contribution in [0.4, 0.5) is 0 Å². The molecule has 1 heterocycles. The molecule has 0 fully saturated rings. The van der Waals surface area contributed by atoms with Gasteiger partial charge in [0.25, 0.3) is 0 Å². The van der Waals surface area contributed by atoms with Gasteiger partial charge >= 0.3 is 0 Å². The van der Waals surface area contributed by atoms with Gasteiger partial charge in [-0.15, -0.1) is 22.0 Å². The molecule has 0 aliphatic heterocycles. The Morgan fingerprint density at radius 2 is 2.32 bits per heavy atom. The van der Waals surface area contributed by atoms with Crippen LogP contribution in [0.1, 0.15) is 5.82 Å². The van der Waals surface area contributed by atoms with Crippen molar-refractivity contribution in [3.8, 4) is 0 Å². The molecule has 0 radical (unpaired) electrons. The largest absolute Gasteiger partial charge is 0.316 e. The Hall–Kier alpha value is -1.11. The Morgan fingerprint density at radius 1 is 1.47 bits per heavy atom. The molecule has 0 aliphatic carbocycles. The molecule has 0 spiro atoms. The van der Waals surface area contributed by atoms with E-state index in [2.05, 4.69) is 26.8 Å². The van der Waals surface area contributed by atoms with Crippen molar-refractivity contribution in [1.29, 1.82) is 0 Å². The summed E-state index contributed by atoms with van der Waals surface area (Å²) in [5.41, 5.74) is 0. The maximum atomic E-state index is 5.97. The molecule has 1 N–H and O–H groups in total. The number of hydrogen-bond donors (Lipinski definition) is 1. The summed E-state index contributed by atoms with van der Waals surface area (Å²) >= 11 is 7.73. The number of halogens is 1. The number of tetrazole rings is 1. The summed E-state index contributed by atoms with van der Waals surface area (Å²) < 4.78 is 0. The molecule has 2 rings (SSSR count). The summed E-state index contributed by atoms with van der Waals surface area (Å²) in [6.07, 6.45) is 0.762. The molecule has 0 bridgehead atoms. The van der Waals surface area contributed by atoms with Crippen molar-refractivity contribution in [2.75, 3.05) is 12.8 Å². The topological polar surface area (TPSA) is 55.6 Å². The van der Waals surface area contributed by atoms with Gasteiger partial charge in [-0.05, 0) is 30.5 Å². The van der Waals surface area contributed by atoms with Crippen LogP contribution in [0, 0.1) is 0 Å². The Labute approximate surface area is 121 Å². The minimum absolute atomic E-state index is 0.299. The van der Waals surface area contributed by atoms with Gasteiger partial charge in [-0.3, -0.25) is 0 Å². The molecule has 1 atom stereocenters. The summed E-state index contributed by atoms with van der Waals surface area (Å²) in [6, 6.07) is 8.17. The molecule has 0 saturated heterocycles. The lowest BCUT2D eigenvalue weighted by Gasteiger charge is -2.13. The highest BCUT2D eigenvalue weighted by Crippen LogP contribution is 2.22. The quantitative estimate of drug-likeness (QED) is 0.824. The van der Waals surface area contributed by atoms with E-state index in [0.29, 0.717) is 6.04 Å². The predicted molar refractivity (Wildman–Crippen MR) is 77.5 cm³/mol. The molecule has 1 aromatic carbocycles. The number of thioether (sulfide) groups is 1. The summed E-state index contributed by atoms with van der Waals surface area (Å²) in [5, 5.41) is 16.1. The van der Waals surface area contributed by atoms with Crippen molar-refractivity contribution < 1.29 is 0 Å². The molecule has 5 nitrogen and oxygen atoms in total. The normalized spacial score (nSPS) is 12.6. The molecular formula is C12H16ClN5S. The van der Waals surface area contributed by atoms with E-state index in [1.54, 1.807) is 18.8 Å². The molecule has 1 aromatic heterocycles. The highest BCUT2D eigenvalue weighted by Gasteiger charge is 2.11. The van der Waals surface area contributed by atoms with Crippen LogP contribution in [0.2, 0.25) is 5.02 Å². The van der Waals surface area contributed by atoms with Gasteiger partial charge in [-0.2, -0.15) is 4.80 Å². The standard InChI is InChI=1S/C12H16ClN5S/c1-14-10(7-12-15-17-18(2)16-12)8-19-11-5-3-4-9(13)6-11/h3-6,10,14H,7-8H2,1-2H3. The van der Waals surface area contributed by atoms with Crippen molar-refractivity contribution in [2.45, 2.75) is 17.4 Å². The van der Waals surface area contributed by atoms with Crippen molar-refractivity contribution in [2.24, 2.45) is 7.05 Å². The first-order valence-corrected chi connectivity index (χ1v) is 7.32. The van der Waals surface area contributed by atoms with Crippen LogP contribution in [0.5, 0.6) is 0 Å². The zero-order chi connectivity index (χ0) is 13.7. The zero-order valence-corrected chi connectivity index (χ0v) is 12.4. The minimum Gasteiger partial charge on any atom is -0.316 e. The lowest BCUT2D eigenvalue weighted by atomic mass is 10.2. The Bertz CT molecular complexity index is 530. The average molecular weight is 298 g/mol. The number of likely N-dealkylation sites (N-methyl/N-ethyl adjacent to an activating group) is 1. The Kier molecular flexibility index (Phi) is 5.18. The highest BCUT2D eigenvalue weighted by atomic mass is 35.5. The Morgan fingerprint density at radius 3 is 2.95 bits per heavy atom. The number of aryl methyl sites for hydroxylation is 1. The summed E-state index contributed by atoms with van der Waals surface area (Å²) in [4.78, 5) is 2.64. The summed E-state index contributed by atoms with van der Waals surface area (Å²) in [7, 11) is 3.71. The van der Waals surface area contributed by atoms with E-state index in [0.717, 1.165) is 23.0 Å². The van der Waals surface area contributed by atoms with Gasteiger partial charge in [-0.1, -0.05) is 17.7 Å².